The summed E-state index contributed by atoms with van der Waals surface area (Å²) in [4.78, 5) is 43.5. The molecule has 0 bridgehead atoms. The van der Waals surface area contributed by atoms with E-state index in [1.807, 2.05) is 0 Å². The molecule has 3 heterocycles. The van der Waals surface area contributed by atoms with Gasteiger partial charge >= 0.3 is 0 Å². The summed E-state index contributed by atoms with van der Waals surface area (Å²) in [7, 11) is 1.36. The molecule has 3 aromatic carbocycles. The number of fused-ring (bicyclic) bond motifs is 2. The molecule has 0 unspecified atom stereocenters. The lowest BCUT2D eigenvalue weighted by molar-refractivity contribution is -0.123. The van der Waals surface area contributed by atoms with Crippen LogP contribution in [0.5, 0.6) is 11.5 Å². The zero-order valence-corrected chi connectivity index (χ0v) is 27.6. The number of carbonyl (C=O) groups is 3. The SMILES string of the molecule is COc1cc(C(=O)NC[C@](O)(c2cccc(F)c2)c2cc3c(c(-c4cc(F)c(F)cc4C(N)=O)n2)OC[C@]3(C)C(N)=O)cc2cn(C3(F)CC3)nc12. The van der Waals surface area contributed by atoms with Crippen LogP contribution in [0, 0.1) is 17.5 Å². The average molecular weight is 719 g/mol. The highest BCUT2D eigenvalue weighted by atomic mass is 19.2. The molecule has 1 aliphatic carbocycles. The van der Waals surface area contributed by atoms with Gasteiger partial charge in [0, 0.05) is 41.1 Å². The van der Waals surface area contributed by atoms with E-state index in [2.05, 4.69) is 15.4 Å². The number of alkyl halides is 1. The fourth-order valence-corrected chi connectivity index (χ4v) is 6.25. The Balaban J connectivity index is 1.37. The number of benzene rings is 3. The summed E-state index contributed by atoms with van der Waals surface area (Å²) in [5, 5.41) is 19.8. The van der Waals surface area contributed by atoms with Gasteiger partial charge in [0.1, 0.15) is 46.1 Å². The quantitative estimate of drug-likeness (QED) is 0.157. The number of nitrogens with zero attached hydrogens (tertiary/aromatic N) is 3. The average Bonchev–Trinajstić information content (AvgIpc) is 3.55. The van der Waals surface area contributed by atoms with Crippen molar-refractivity contribution in [3.05, 3.63) is 106 Å². The highest BCUT2D eigenvalue weighted by Gasteiger charge is 2.47. The molecule has 6 N–H and O–H groups in total. The van der Waals surface area contributed by atoms with Gasteiger partial charge in [0.25, 0.3) is 5.91 Å². The largest absolute Gasteiger partial charge is 0.494 e. The van der Waals surface area contributed by atoms with Crippen LogP contribution in [0.15, 0.2) is 60.8 Å². The van der Waals surface area contributed by atoms with Gasteiger partial charge in [-0.05, 0) is 55.0 Å². The number of aromatic nitrogens is 3. The number of nitrogens with one attached hydrogen (secondary N) is 1. The lowest BCUT2D eigenvalue weighted by atomic mass is 9.80. The van der Waals surface area contributed by atoms with Gasteiger partial charge in [-0.1, -0.05) is 12.1 Å². The third-order valence-electron chi connectivity index (χ3n) is 9.56. The molecule has 268 valence electrons. The van der Waals surface area contributed by atoms with Crippen LogP contribution in [0.1, 0.15) is 57.3 Å². The minimum Gasteiger partial charge on any atom is -0.494 e. The van der Waals surface area contributed by atoms with Gasteiger partial charge in [0.2, 0.25) is 17.6 Å². The maximum atomic E-state index is 14.8. The molecule has 0 radical (unpaired) electrons. The van der Waals surface area contributed by atoms with Crippen molar-refractivity contribution in [1.29, 1.82) is 0 Å². The Bertz CT molecular complexity index is 2350. The molecule has 2 aromatic heterocycles. The fourth-order valence-electron chi connectivity index (χ4n) is 6.25. The molecule has 1 saturated carbocycles. The zero-order chi connectivity index (χ0) is 37.3. The molecule has 16 heteroatoms. The lowest BCUT2D eigenvalue weighted by Crippen LogP contribution is -2.43. The normalized spacial score (nSPS) is 18.3. The summed E-state index contributed by atoms with van der Waals surface area (Å²) in [6.45, 7) is 0.435. The molecule has 5 aromatic rings. The predicted molar refractivity (Wildman–Crippen MR) is 176 cm³/mol. The number of primary amides is 2. The number of rotatable bonds is 10. The van der Waals surface area contributed by atoms with Gasteiger partial charge in [-0.15, -0.1) is 0 Å². The molecule has 0 saturated heterocycles. The van der Waals surface area contributed by atoms with E-state index in [1.54, 1.807) is 0 Å². The number of hydrogen-bond donors (Lipinski definition) is 4. The number of aliphatic hydroxyl groups is 1. The van der Waals surface area contributed by atoms with Gasteiger partial charge in [0.15, 0.2) is 11.6 Å². The molecule has 2 aliphatic rings. The van der Waals surface area contributed by atoms with E-state index < -0.39 is 64.1 Å². The van der Waals surface area contributed by atoms with E-state index in [4.69, 9.17) is 20.9 Å². The summed E-state index contributed by atoms with van der Waals surface area (Å²) in [5.74, 6) is -7.85. The van der Waals surface area contributed by atoms with Crippen LogP contribution in [0.4, 0.5) is 17.6 Å². The molecule has 0 spiro atoms. The summed E-state index contributed by atoms with van der Waals surface area (Å²) >= 11 is 0. The Morgan fingerprint density at radius 3 is 2.46 bits per heavy atom. The molecular formula is C36H30F4N6O6. The van der Waals surface area contributed by atoms with E-state index in [-0.39, 0.29) is 51.7 Å². The topological polar surface area (TPSA) is 185 Å². The number of nitrogens with two attached hydrogens (primary N) is 2. The molecular weight excluding hydrogens is 688 g/mol. The molecule has 2 atom stereocenters. The number of methoxy groups -OCH3 is 1. The number of halogens is 4. The van der Waals surface area contributed by atoms with Crippen molar-refractivity contribution in [3.8, 4) is 22.8 Å². The summed E-state index contributed by atoms with van der Waals surface area (Å²) < 4.78 is 71.0. The standard InChI is InChI=1S/C36H30F4N6O6/c1-34(33(42)49)16-52-30-23(34)13-27(44-29(30)21-11-24(38)25(39)12-22(21)31(41)47)36(50,19-4-3-5-20(37)10-19)15-43-32(48)17-8-18-14-46(35(40)6-7-35)45-28(18)26(9-17)51-2/h3-5,8-14,50H,6-7,15-16H2,1-2H3,(H2,41,47)(H2,42,49)(H,43,48)/t34-,36-/m0/s1. The number of ether oxygens (including phenoxy) is 2. The van der Waals surface area contributed by atoms with Gasteiger partial charge in [-0.25, -0.2) is 27.2 Å². The Kier molecular flexibility index (Phi) is 7.97. The Hall–Kier alpha value is -6.03. The first kappa shape index (κ1) is 34.4. The monoisotopic (exact) mass is 718 g/mol. The van der Waals surface area contributed by atoms with E-state index in [0.29, 0.717) is 35.9 Å². The first-order valence-electron chi connectivity index (χ1n) is 15.9. The summed E-state index contributed by atoms with van der Waals surface area (Å²) in [6.07, 6.45) is 2.04. The number of hydrogen-bond acceptors (Lipinski definition) is 8. The maximum Gasteiger partial charge on any atom is 0.251 e. The van der Waals surface area contributed by atoms with Crippen LogP contribution in [0.25, 0.3) is 22.2 Å². The lowest BCUT2D eigenvalue weighted by Gasteiger charge is -2.30. The first-order valence-corrected chi connectivity index (χ1v) is 15.9. The van der Waals surface area contributed by atoms with Crippen molar-refractivity contribution in [3.63, 3.8) is 0 Å². The third-order valence-corrected chi connectivity index (χ3v) is 9.56. The summed E-state index contributed by atoms with van der Waals surface area (Å²) in [6, 6.07) is 10.1. The van der Waals surface area contributed by atoms with Crippen molar-refractivity contribution >= 4 is 28.6 Å². The maximum absolute atomic E-state index is 14.8. The van der Waals surface area contributed by atoms with Crippen LogP contribution in [-0.2, 0) is 21.6 Å². The Labute approximate surface area is 292 Å². The molecule has 52 heavy (non-hydrogen) atoms. The second-order valence-electron chi connectivity index (χ2n) is 13.1. The van der Waals surface area contributed by atoms with Crippen molar-refractivity contribution in [1.82, 2.24) is 20.1 Å². The highest BCUT2D eigenvalue weighted by Crippen LogP contribution is 2.48. The van der Waals surface area contributed by atoms with E-state index in [0.717, 1.165) is 12.1 Å². The van der Waals surface area contributed by atoms with Gasteiger partial charge < -0.3 is 31.4 Å². The van der Waals surface area contributed by atoms with E-state index in [1.165, 1.54) is 55.2 Å². The molecule has 1 fully saturated rings. The van der Waals surface area contributed by atoms with Crippen LogP contribution < -0.4 is 26.3 Å². The Morgan fingerprint density at radius 1 is 1.08 bits per heavy atom. The van der Waals surface area contributed by atoms with Gasteiger partial charge in [-0.2, -0.15) is 5.10 Å². The number of pyridine rings is 1. The van der Waals surface area contributed by atoms with Crippen molar-refractivity contribution < 1.29 is 46.5 Å². The zero-order valence-electron chi connectivity index (χ0n) is 27.6. The second kappa shape index (κ2) is 12.0. The molecule has 12 nitrogen and oxygen atoms in total. The molecule has 3 amide bonds. The number of amides is 3. The van der Waals surface area contributed by atoms with Crippen LogP contribution >= 0.6 is 0 Å². The summed E-state index contributed by atoms with van der Waals surface area (Å²) in [5.41, 5.74) is 6.15. The van der Waals surface area contributed by atoms with Crippen LogP contribution in [-0.4, -0.2) is 57.9 Å². The first-order chi connectivity index (χ1) is 24.6. The van der Waals surface area contributed by atoms with Crippen LogP contribution in [0.2, 0.25) is 0 Å². The molecule has 1 aliphatic heterocycles. The van der Waals surface area contributed by atoms with E-state index >= 15 is 0 Å². The second-order valence-corrected chi connectivity index (χ2v) is 13.1. The van der Waals surface area contributed by atoms with Gasteiger partial charge in [-0.3, -0.25) is 14.4 Å². The predicted octanol–water partition coefficient (Wildman–Crippen LogP) is 3.84. The van der Waals surface area contributed by atoms with Gasteiger partial charge in [0.05, 0.1) is 24.9 Å². The van der Waals surface area contributed by atoms with Crippen molar-refractivity contribution in [2.75, 3.05) is 20.3 Å². The smallest absolute Gasteiger partial charge is 0.251 e. The van der Waals surface area contributed by atoms with E-state index in [9.17, 15) is 37.1 Å². The van der Waals surface area contributed by atoms with Crippen molar-refractivity contribution in [2.45, 2.75) is 36.6 Å². The Morgan fingerprint density at radius 2 is 1.81 bits per heavy atom. The third kappa shape index (κ3) is 5.55. The van der Waals surface area contributed by atoms with Crippen molar-refractivity contribution in [2.24, 2.45) is 11.5 Å². The number of carbonyl (C=O) groups excluding carboxylic acids is 3. The van der Waals surface area contributed by atoms with Crippen LogP contribution in [0.3, 0.4) is 0 Å². The minimum absolute atomic E-state index is 0.0411. The highest BCUT2D eigenvalue weighted by molar-refractivity contribution is 6.01. The molecule has 7 rings (SSSR count). The fraction of sp³-hybridized carbons (Fsp3) is 0.250. The minimum atomic E-state index is -2.40.